The van der Waals surface area contributed by atoms with Gasteiger partial charge in [0.05, 0.1) is 16.9 Å². The number of aliphatic hydroxyl groups excluding tert-OH is 1. The van der Waals surface area contributed by atoms with Crippen LogP contribution in [0.2, 0.25) is 0 Å². The number of carbonyl (C=O) groups excluding carboxylic acids is 2. The molecule has 3 aromatic rings. The number of benzene rings is 2. The molecule has 0 saturated carbocycles. The van der Waals surface area contributed by atoms with Gasteiger partial charge in [-0.25, -0.2) is 5.01 Å². The van der Waals surface area contributed by atoms with Gasteiger partial charge in [0.1, 0.15) is 12.1 Å². The lowest BCUT2D eigenvalue weighted by Gasteiger charge is -2.41. The van der Waals surface area contributed by atoms with Crippen LogP contribution in [0, 0.1) is 23.0 Å². The number of fused-ring (bicyclic) bond motifs is 1. The van der Waals surface area contributed by atoms with Crippen LogP contribution in [-0.2, 0) is 16.0 Å². The first kappa shape index (κ1) is 25.2. The molecule has 0 radical (unpaired) electrons. The number of aliphatic hydroxyl groups is 1. The minimum atomic E-state index is -1.01. The van der Waals surface area contributed by atoms with Gasteiger partial charge in [0, 0.05) is 42.7 Å². The highest BCUT2D eigenvalue weighted by molar-refractivity contribution is 6.08. The summed E-state index contributed by atoms with van der Waals surface area (Å²) in [6, 6.07) is 17.1. The van der Waals surface area contributed by atoms with Crippen molar-refractivity contribution in [2.75, 3.05) is 12.0 Å². The highest BCUT2D eigenvalue weighted by Gasteiger charge is 2.53. The number of nitrogens with one attached hydrogen (secondary N) is 1. The molecule has 38 heavy (non-hydrogen) atoms. The summed E-state index contributed by atoms with van der Waals surface area (Å²) in [6.07, 6.45) is 4.52. The Kier molecular flexibility index (Phi) is 6.99. The van der Waals surface area contributed by atoms with Crippen LogP contribution in [0.4, 0.5) is 11.4 Å². The Morgan fingerprint density at radius 3 is 2.45 bits per heavy atom. The molecule has 3 heterocycles. The highest BCUT2D eigenvalue weighted by atomic mass is 16.6. The van der Waals surface area contributed by atoms with Crippen LogP contribution in [0.1, 0.15) is 22.9 Å². The quantitative estimate of drug-likeness (QED) is 0.203. The molecule has 0 unspecified atom stereocenters. The van der Waals surface area contributed by atoms with Gasteiger partial charge in [-0.15, -0.1) is 0 Å². The monoisotopic (exact) mass is 513 g/mol. The number of nitrogens with zero attached hydrogens (tertiary/aromatic N) is 4. The largest absolute Gasteiger partial charge is 0.386 e. The van der Waals surface area contributed by atoms with Crippen molar-refractivity contribution < 1.29 is 19.6 Å². The summed E-state index contributed by atoms with van der Waals surface area (Å²) in [5, 5.41) is 24.1. The first-order valence-corrected chi connectivity index (χ1v) is 12.3. The van der Waals surface area contributed by atoms with Crippen LogP contribution in [0.25, 0.3) is 0 Å². The Morgan fingerprint density at radius 1 is 1.03 bits per heavy atom. The van der Waals surface area contributed by atoms with E-state index in [1.807, 2.05) is 43.3 Å². The first-order valence-electron chi connectivity index (χ1n) is 12.3. The van der Waals surface area contributed by atoms with Gasteiger partial charge in [-0.05, 0) is 42.3 Å². The molecule has 4 atom stereocenters. The lowest BCUT2D eigenvalue weighted by molar-refractivity contribution is -0.384. The molecule has 1 saturated heterocycles. The number of nitro groups is 1. The van der Waals surface area contributed by atoms with Gasteiger partial charge >= 0.3 is 0 Å². The van der Waals surface area contributed by atoms with Gasteiger partial charge in [-0.2, -0.15) is 0 Å². The minimum absolute atomic E-state index is 0.0729. The van der Waals surface area contributed by atoms with Crippen molar-refractivity contribution >= 4 is 23.2 Å². The number of imide groups is 1. The number of likely N-dealkylation sites (tertiary alicyclic amines) is 1. The molecule has 5 rings (SSSR count). The number of anilines is 1. The fourth-order valence-corrected chi connectivity index (χ4v) is 5.03. The van der Waals surface area contributed by atoms with Crippen LogP contribution in [0.5, 0.6) is 0 Å². The summed E-state index contributed by atoms with van der Waals surface area (Å²) in [6.45, 7) is 2.08. The van der Waals surface area contributed by atoms with E-state index in [0.29, 0.717) is 17.7 Å². The SMILES string of the molecule is Cc1ccccc1[C@@H](O)[C@H]1C=C[C@H]2C(=O)N(CCc3ccccn3)C(=O)[C@H]2N1Nc1ccc([N+](=O)[O-])cc1. The molecule has 10 heteroatoms. The fourth-order valence-electron chi connectivity index (χ4n) is 5.03. The van der Waals surface area contributed by atoms with Gasteiger partial charge < -0.3 is 10.5 Å². The molecule has 194 valence electrons. The maximum Gasteiger partial charge on any atom is 0.269 e. The van der Waals surface area contributed by atoms with E-state index in [1.54, 1.807) is 29.4 Å². The molecule has 2 aliphatic heterocycles. The minimum Gasteiger partial charge on any atom is -0.386 e. The lowest BCUT2D eigenvalue weighted by Crippen LogP contribution is -2.55. The maximum absolute atomic E-state index is 13.7. The number of hydrazine groups is 1. The molecule has 0 bridgehead atoms. The van der Waals surface area contributed by atoms with Gasteiger partial charge in [-0.3, -0.25) is 29.6 Å². The number of aryl methyl sites for hydroxylation is 1. The predicted molar refractivity (Wildman–Crippen MR) is 140 cm³/mol. The van der Waals surface area contributed by atoms with E-state index < -0.39 is 29.0 Å². The zero-order valence-electron chi connectivity index (χ0n) is 20.7. The Morgan fingerprint density at radius 2 is 1.76 bits per heavy atom. The summed E-state index contributed by atoms with van der Waals surface area (Å²) in [5.74, 6) is -1.43. The number of carbonyl (C=O) groups is 2. The van der Waals surface area contributed by atoms with Gasteiger partial charge in [0.15, 0.2) is 0 Å². The Hall–Kier alpha value is -4.41. The van der Waals surface area contributed by atoms with Crippen molar-refractivity contribution in [1.29, 1.82) is 0 Å². The zero-order valence-corrected chi connectivity index (χ0v) is 20.7. The molecule has 2 aliphatic rings. The third-order valence-corrected chi connectivity index (χ3v) is 7.03. The number of rotatable bonds is 8. The Labute approximate surface area is 219 Å². The summed E-state index contributed by atoms with van der Waals surface area (Å²) < 4.78 is 0. The van der Waals surface area contributed by atoms with Crippen LogP contribution in [0.15, 0.2) is 85.1 Å². The normalized spacial score (nSPS) is 21.8. The predicted octanol–water partition coefficient (Wildman–Crippen LogP) is 3.20. The molecular formula is C28H27N5O5. The van der Waals surface area contributed by atoms with Gasteiger partial charge in [0.25, 0.3) is 5.69 Å². The molecule has 0 spiro atoms. The number of non-ortho nitro benzene ring substituents is 1. The Bertz CT molecular complexity index is 1380. The Balaban J connectivity index is 1.46. The second kappa shape index (κ2) is 10.5. The van der Waals surface area contributed by atoms with E-state index in [-0.39, 0.29) is 24.0 Å². The second-order valence-corrected chi connectivity index (χ2v) is 9.37. The van der Waals surface area contributed by atoms with E-state index in [4.69, 9.17) is 0 Å². The van der Waals surface area contributed by atoms with E-state index in [2.05, 4.69) is 10.4 Å². The van der Waals surface area contributed by atoms with Crippen molar-refractivity contribution in [2.24, 2.45) is 5.92 Å². The van der Waals surface area contributed by atoms with Crippen molar-refractivity contribution in [3.05, 3.63) is 112 Å². The van der Waals surface area contributed by atoms with E-state index in [0.717, 1.165) is 11.3 Å². The van der Waals surface area contributed by atoms with E-state index in [1.165, 1.54) is 29.2 Å². The van der Waals surface area contributed by atoms with Crippen LogP contribution in [0.3, 0.4) is 0 Å². The third kappa shape index (κ3) is 4.79. The number of hydrogen-bond acceptors (Lipinski definition) is 8. The summed E-state index contributed by atoms with van der Waals surface area (Å²) in [4.78, 5) is 43.2. The van der Waals surface area contributed by atoms with E-state index in [9.17, 15) is 24.8 Å². The number of hydrogen-bond donors (Lipinski definition) is 2. The average Bonchev–Trinajstić information content (AvgIpc) is 3.17. The van der Waals surface area contributed by atoms with Crippen molar-refractivity contribution in [3.8, 4) is 0 Å². The fraction of sp³-hybridized carbons (Fsp3) is 0.250. The first-order chi connectivity index (χ1) is 18.3. The van der Waals surface area contributed by atoms with Gasteiger partial charge in [-0.1, -0.05) is 42.5 Å². The molecule has 10 nitrogen and oxygen atoms in total. The molecule has 1 aromatic heterocycles. The number of amides is 2. The van der Waals surface area contributed by atoms with Crippen molar-refractivity contribution in [3.63, 3.8) is 0 Å². The van der Waals surface area contributed by atoms with Crippen LogP contribution in [-0.4, -0.2) is 55.4 Å². The molecule has 2 amide bonds. The molecule has 1 fully saturated rings. The standard InChI is InChI=1S/C28H27N5O5/c1-18-6-2-3-8-22(18)26(34)24-14-13-23-25(32(24)30-20-9-11-21(12-10-20)33(37)38)28(36)31(27(23)35)17-15-19-7-4-5-16-29-19/h2-14,16,23-26,30,34H,15,17H2,1H3/t23-,24-,25+,26-/m1/s1. The molecular weight excluding hydrogens is 486 g/mol. The molecule has 2 aromatic carbocycles. The molecule has 0 aliphatic carbocycles. The van der Waals surface area contributed by atoms with Crippen LogP contribution >= 0.6 is 0 Å². The van der Waals surface area contributed by atoms with Crippen molar-refractivity contribution in [2.45, 2.75) is 31.5 Å². The maximum atomic E-state index is 13.7. The number of pyridine rings is 1. The van der Waals surface area contributed by atoms with Crippen molar-refractivity contribution in [1.82, 2.24) is 14.9 Å². The number of nitro benzene ring substituents is 1. The summed E-state index contributed by atoms with van der Waals surface area (Å²) in [5.41, 5.74) is 5.93. The van der Waals surface area contributed by atoms with E-state index >= 15 is 0 Å². The smallest absolute Gasteiger partial charge is 0.269 e. The lowest BCUT2D eigenvalue weighted by atomic mass is 9.89. The summed E-state index contributed by atoms with van der Waals surface area (Å²) in [7, 11) is 0. The number of aromatic nitrogens is 1. The second-order valence-electron chi connectivity index (χ2n) is 9.37. The molecule has 2 N–H and O–H groups in total. The highest BCUT2D eigenvalue weighted by Crippen LogP contribution is 2.37. The van der Waals surface area contributed by atoms with Gasteiger partial charge in [0.2, 0.25) is 11.8 Å². The topological polar surface area (TPSA) is 129 Å². The van der Waals surface area contributed by atoms with Crippen LogP contribution < -0.4 is 5.43 Å². The third-order valence-electron chi connectivity index (χ3n) is 7.03. The zero-order chi connectivity index (χ0) is 26.8. The average molecular weight is 514 g/mol. The summed E-state index contributed by atoms with van der Waals surface area (Å²) >= 11 is 0.